The number of anilines is 1. The van der Waals surface area contributed by atoms with E-state index in [-0.39, 0.29) is 17.1 Å². The second-order valence-electron chi connectivity index (χ2n) is 4.94. The van der Waals surface area contributed by atoms with Crippen molar-refractivity contribution in [1.82, 2.24) is 0 Å². The number of ether oxygens (including phenoxy) is 3. The molecule has 0 saturated heterocycles. The average molecular weight is 345 g/mol. The summed E-state index contributed by atoms with van der Waals surface area (Å²) in [7, 11) is 1.37. The van der Waals surface area contributed by atoms with Crippen LogP contribution in [0, 0.1) is 0 Å². The average Bonchev–Trinajstić information content (AvgIpc) is 2.62. The van der Waals surface area contributed by atoms with Gasteiger partial charge in [0.25, 0.3) is 5.91 Å². The number of carbonyl (C=O) groups excluding carboxylic acids is 2. The zero-order valence-electron chi connectivity index (χ0n) is 13.9. The zero-order valence-corrected chi connectivity index (χ0v) is 13.9. The largest absolute Gasteiger partial charge is 0.504 e. The van der Waals surface area contributed by atoms with E-state index in [1.54, 1.807) is 24.3 Å². The Morgan fingerprint density at radius 1 is 1.12 bits per heavy atom. The Bertz CT molecular complexity index is 742. The molecule has 0 bridgehead atoms. The summed E-state index contributed by atoms with van der Waals surface area (Å²) < 4.78 is 15.1. The highest BCUT2D eigenvalue weighted by Crippen LogP contribution is 2.29. The lowest BCUT2D eigenvalue weighted by atomic mass is 10.2. The van der Waals surface area contributed by atoms with Gasteiger partial charge in [-0.25, -0.2) is 4.79 Å². The molecule has 0 aromatic heterocycles. The minimum absolute atomic E-state index is 0.0757. The van der Waals surface area contributed by atoms with Gasteiger partial charge in [-0.3, -0.25) is 4.79 Å². The van der Waals surface area contributed by atoms with E-state index < -0.39 is 18.5 Å². The standard InChI is InChI=1S/C18H19NO6/c1-3-24-13-9-7-12(8-10-13)19-16(20)11-25-18(22)14-5-4-6-15(23-2)17(14)21/h4-10,21H,3,11H2,1-2H3,(H,19,20). The van der Waals surface area contributed by atoms with Crippen molar-refractivity contribution in [3.05, 3.63) is 48.0 Å². The predicted molar refractivity (Wildman–Crippen MR) is 91.2 cm³/mol. The molecule has 132 valence electrons. The molecule has 0 spiro atoms. The third-order valence-corrected chi connectivity index (χ3v) is 3.22. The van der Waals surface area contributed by atoms with Crippen LogP contribution >= 0.6 is 0 Å². The van der Waals surface area contributed by atoms with E-state index in [1.807, 2.05) is 6.92 Å². The molecule has 2 N–H and O–H groups in total. The van der Waals surface area contributed by atoms with Crippen molar-refractivity contribution in [3.8, 4) is 17.2 Å². The molecule has 0 fully saturated rings. The number of amides is 1. The van der Waals surface area contributed by atoms with Crippen molar-refractivity contribution in [2.45, 2.75) is 6.92 Å². The van der Waals surface area contributed by atoms with E-state index in [2.05, 4.69) is 5.32 Å². The van der Waals surface area contributed by atoms with Crippen molar-refractivity contribution in [2.24, 2.45) is 0 Å². The molecule has 2 aromatic carbocycles. The van der Waals surface area contributed by atoms with Crippen LogP contribution in [0.15, 0.2) is 42.5 Å². The van der Waals surface area contributed by atoms with Gasteiger partial charge in [-0.1, -0.05) is 6.07 Å². The third-order valence-electron chi connectivity index (χ3n) is 3.22. The van der Waals surface area contributed by atoms with E-state index >= 15 is 0 Å². The van der Waals surface area contributed by atoms with Crippen LogP contribution in [-0.4, -0.2) is 37.3 Å². The number of para-hydroxylation sites is 1. The number of carbonyl (C=O) groups is 2. The summed E-state index contributed by atoms with van der Waals surface area (Å²) in [6, 6.07) is 11.2. The fraction of sp³-hybridized carbons (Fsp3) is 0.222. The normalized spacial score (nSPS) is 10.0. The summed E-state index contributed by atoms with van der Waals surface area (Å²) in [6.45, 7) is 1.95. The van der Waals surface area contributed by atoms with Gasteiger partial charge in [0.1, 0.15) is 11.3 Å². The molecule has 0 aliphatic carbocycles. The lowest BCUT2D eigenvalue weighted by Crippen LogP contribution is -2.21. The van der Waals surface area contributed by atoms with Crippen LogP contribution in [0.4, 0.5) is 5.69 Å². The zero-order chi connectivity index (χ0) is 18.2. The molecular formula is C18H19NO6. The Labute approximate surface area is 145 Å². The SMILES string of the molecule is CCOc1ccc(NC(=O)COC(=O)c2cccc(OC)c2O)cc1. The third kappa shape index (κ3) is 4.87. The Kier molecular flexibility index (Phi) is 6.22. The van der Waals surface area contributed by atoms with Crippen LogP contribution in [0.25, 0.3) is 0 Å². The number of rotatable bonds is 7. The van der Waals surface area contributed by atoms with Crippen LogP contribution in [0.1, 0.15) is 17.3 Å². The second kappa shape index (κ2) is 8.58. The summed E-state index contributed by atoms with van der Waals surface area (Å²) in [5, 5.41) is 12.5. The minimum Gasteiger partial charge on any atom is -0.504 e. The van der Waals surface area contributed by atoms with Gasteiger partial charge in [0, 0.05) is 5.69 Å². The molecule has 0 aliphatic rings. The fourth-order valence-corrected chi connectivity index (χ4v) is 2.06. The number of esters is 1. The minimum atomic E-state index is -0.821. The Balaban J connectivity index is 1.90. The molecule has 1 amide bonds. The smallest absolute Gasteiger partial charge is 0.342 e. The lowest BCUT2D eigenvalue weighted by molar-refractivity contribution is -0.119. The molecule has 0 heterocycles. The molecule has 0 atom stereocenters. The maximum Gasteiger partial charge on any atom is 0.342 e. The number of hydrogen-bond donors (Lipinski definition) is 2. The summed E-state index contributed by atoms with van der Waals surface area (Å²) in [5.74, 6) is -0.811. The topological polar surface area (TPSA) is 94.1 Å². The molecule has 2 rings (SSSR count). The van der Waals surface area contributed by atoms with Gasteiger partial charge in [-0.2, -0.15) is 0 Å². The summed E-state index contributed by atoms with van der Waals surface area (Å²) in [6.07, 6.45) is 0. The molecule has 0 radical (unpaired) electrons. The first-order valence-corrected chi connectivity index (χ1v) is 7.61. The van der Waals surface area contributed by atoms with E-state index in [0.29, 0.717) is 18.0 Å². The molecular weight excluding hydrogens is 326 g/mol. The lowest BCUT2D eigenvalue weighted by Gasteiger charge is -2.10. The van der Waals surface area contributed by atoms with Crippen molar-refractivity contribution >= 4 is 17.6 Å². The first kappa shape index (κ1) is 18.1. The van der Waals surface area contributed by atoms with Crippen LogP contribution in [0.3, 0.4) is 0 Å². The van der Waals surface area contributed by atoms with Gasteiger partial charge in [0.05, 0.1) is 13.7 Å². The highest BCUT2D eigenvalue weighted by Gasteiger charge is 2.17. The van der Waals surface area contributed by atoms with Crippen molar-refractivity contribution in [1.29, 1.82) is 0 Å². The second-order valence-corrected chi connectivity index (χ2v) is 4.94. The van der Waals surface area contributed by atoms with E-state index in [4.69, 9.17) is 14.2 Å². The fourth-order valence-electron chi connectivity index (χ4n) is 2.06. The van der Waals surface area contributed by atoms with Crippen LogP contribution in [0.2, 0.25) is 0 Å². The molecule has 0 saturated carbocycles. The summed E-state index contributed by atoms with van der Waals surface area (Å²) in [4.78, 5) is 23.8. The predicted octanol–water partition coefficient (Wildman–Crippen LogP) is 2.60. The first-order valence-electron chi connectivity index (χ1n) is 7.61. The van der Waals surface area contributed by atoms with E-state index in [9.17, 15) is 14.7 Å². The molecule has 7 heteroatoms. The maximum absolute atomic E-state index is 12.0. The van der Waals surface area contributed by atoms with Gasteiger partial charge in [-0.15, -0.1) is 0 Å². The monoisotopic (exact) mass is 345 g/mol. The number of phenolic OH excluding ortho intramolecular Hbond substituents is 1. The van der Waals surface area contributed by atoms with E-state index in [1.165, 1.54) is 25.3 Å². The van der Waals surface area contributed by atoms with Gasteiger partial charge in [-0.05, 0) is 43.3 Å². The Hall–Kier alpha value is -3.22. The van der Waals surface area contributed by atoms with Crippen molar-refractivity contribution in [3.63, 3.8) is 0 Å². The first-order chi connectivity index (χ1) is 12.0. The number of aromatic hydroxyl groups is 1. The van der Waals surface area contributed by atoms with Crippen LogP contribution in [-0.2, 0) is 9.53 Å². The van der Waals surface area contributed by atoms with Crippen molar-refractivity contribution in [2.75, 3.05) is 25.6 Å². The number of nitrogens with one attached hydrogen (secondary N) is 1. The van der Waals surface area contributed by atoms with Crippen molar-refractivity contribution < 1.29 is 28.9 Å². The quantitative estimate of drug-likeness (QED) is 0.749. The molecule has 7 nitrogen and oxygen atoms in total. The molecule has 0 unspecified atom stereocenters. The highest BCUT2D eigenvalue weighted by atomic mass is 16.5. The van der Waals surface area contributed by atoms with Gasteiger partial charge >= 0.3 is 5.97 Å². The van der Waals surface area contributed by atoms with Crippen LogP contribution in [0.5, 0.6) is 17.2 Å². The van der Waals surface area contributed by atoms with Gasteiger partial charge in [0.2, 0.25) is 0 Å². The van der Waals surface area contributed by atoms with Gasteiger partial charge in [0.15, 0.2) is 18.1 Å². The summed E-state index contributed by atoms with van der Waals surface area (Å²) >= 11 is 0. The molecule has 0 aliphatic heterocycles. The maximum atomic E-state index is 12.0. The number of phenols is 1. The Morgan fingerprint density at radius 2 is 1.84 bits per heavy atom. The van der Waals surface area contributed by atoms with Gasteiger partial charge < -0.3 is 24.6 Å². The molecule has 2 aromatic rings. The number of hydrogen-bond acceptors (Lipinski definition) is 6. The van der Waals surface area contributed by atoms with E-state index in [0.717, 1.165) is 0 Å². The number of benzene rings is 2. The Morgan fingerprint density at radius 3 is 2.48 bits per heavy atom. The highest BCUT2D eigenvalue weighted by molar-refractivity contribution is 5.97. The van der Waals surface area contributed by atoms with Crippen LogP contribution < -0.4 is 14.8 Å². The molecule has 25 heavy (non-hydrogen) atoms. The summed E-state index contributed by atoms with van der Waals surface area (Å²) in [5.41, 5.74) is 0.474. The number of methoxy groups -OCH3 is 1.